The quantitative estimate of drug-likeness (QED) is 0.300. The van der Waals surface area contributed by atoms with E-state index >= 15 is 0 Å². The Bertz CT molecular complexity index is 1330. The van der Waals surface area contributed by atoms with Gasteiger partial charge in [0.25, 0.3) is 10.0 Å². The number of unbranched alkanes of at least 4 members (excludes halogenated alkanes) is 1. The molecule has 3 aromatic carbocycles. The van der Waals surface area contributed by atoms with Crippen molar-refractivity contribution in [2.75, 3.05) is 17.4 Å². The molecular weight excluding hydrogens is 517 g/mol. The molecule has 0 saturated heterocycles. The topological polar surface area (TPSA) is 86.8 Å². The third kappa shape index (κ3) is 7.89. The van der Waals surface area contributed by atoms with Gasteiger partial charge in [0, 0.05) is 13.1 Å². The fraction of sp³-hybridized carbons (Fsp3) is 0.333. The van der Waals surface area contributed by atoms with Crippen LogP contribution >= 0.6 is 0 Å². The van der Waals surface area contributed by atoms with Crippen LogP contribution in [-0.4, -0.2) is 44.3 Å². The lowest BCUT2D eigenvalue weighted by molar-refractivity contribution is -0.140. The van der Waals surface area contributed by atoms with Crippen LogP contribution in [0, 0.1) is 12.7 Å². The highest BCUT2D eigenvalue weighted by Crippen LogP contribution is 2.25. The summed E-state index contributed by atoms with van der Waals surface area (Å²) >= 11 is 0. The number of amides is 2. The predicted molar refractivity (Wildman–Crippen MR) is 151 cm³/mol. The average Bonchev–Trinajstić information content (AvgIpc) is 2.93. The first-order valence-electron chi connectivity index (χ1n) is 13.1. The normalized spacial score (nSPS) is 12.0. The van der Waals surface area contributed by atoms with E-state index in [-0.39, 0.29) is 23.0 Å². The number of carbonyl (C=O) groups excluding carboxylic acids is 2. The zero-order chi connectivity index (χ0) is 28.4. The summed E-state index contributed by atoms with van der Waals surface area (Å²) in [4.78, 5) is 28.5. The number of hydrogen-bond donors (Lipinski definition) is 1. The maximum atomic E-state index is 13.9. The number of anilines is 1. The van der Waals surface area contributed by atoms with Gasteiger partial charge in [-0.15, -0.1) is 0 Å². The number of benzene rings is 3. The van der Waals surface area contributed by atoms with Crippen molar-refractivity contribution in [2.45, 2.75) is 57.5 Å². The zero-order valence-corrected chi connectivity index (χ0v) is 23.5. The lowest BCUT2D eigenvalue weighted by atomic mass is 10.1. The molecule has 0 aliphatic rings. The molecular formula is C30H36FN3O4S. The van der Waals surface area contributed by atoms with Crippen molar-refractivity contribution in [3.8, 4) is 0 Å². The molecule has 9 heteroatoms. The fourth-order valence-corrected chi connectivity index (χ4v) is 5.61. The molecule has 0 aliphatic heterocycles. The van der Waals surface area contributed by atoms with E-state index < -0.39 is 34.3 Å². The molecule has 1 atom stereocenters. The van der Waals surface area contributed by atoms with Crippen molar-refractivity contribution in [3.63, 3.8) is 0 Å². The van der Waals surface area contributed by atoms with Gasteiger partial charge in [-0.3, -0.25) is 13.9 Å². The standard InChI is InChI=1S/C30H36FN3O4S/c1-4-6-20-32-30(36)28(5-2)33(21-24-14-12-23(3)13-15-24)29(35)22-34(26-18-16-25(31)17-19-26)39(37,38)27-10-8-7-9-11-27/h7-19,28H,4-6,20-22H2,1-3H3,(H,32,36)/t28-/m0/s1. The van der Waals surface area contributed by atoms with Gasteiger partial charge in [-0.1, -0.05) is 68.3 Å². The van der Waals surface area contributed by atoms with Crippen LogP contribution in [0.4, 0.5) is 10.1 Å². The number of hydrogen-bond acceptors (Lipinski definition) is 4. The predicted octanol–water partition coefficient (Wildman–Crippen LogP) is 5.05. The highest BCUT2D eigenvalue weighted by Gasteiger charge is 2.33. The summed E-state index contributed by atoms with van der Waals surface area (Å²) in [6.45, 7) is 5.85. The van der Waals surface area contributed by atoms with Crippen molar-refractivity contribution >= 4 is 27.5 Å². The Labute approximate surface area is 230 Å². The van der Waals surface area contributed by atoms with Crippen molar-refractivity contribution < 1.29 is 22.4 Å². The first-order chi connectivity index (χ1) is 18.7. The summed E-state index contributed by atoms with van der Waals surface area (Å²) in [5, 5.41) is 2.91. The fourth-order valence-electron chi connectivity index (χ4n) is 4.17. The van der Waals surface area contributed by atoms with Crippen LogP contribution in [0.1, 0.15) is 44.2 Å². The summed E-state index contributed by atoms with van der Waals surface area (Å²) in [6.07, 6.45) is 2.06. The van der Waals surface area contributed by atoms with Gasteiger partial charge in [0.1, 0.15) is 18.4 Å². The van der Waals surface area contributed by atoms with Gasteiger partial charge in [-0.2, -0.15) is 0 Å². The van der Waals surface area contributed by atoms with E-state index in [2.05, 4.69) is 5.32 Å². The molecule has 39 heavy (non-hydrogen) atoms. The number of nitrogens with one attached hydrogen (secondary N) is 1. The lowest BCUT2D eigenvalue weighted by Crippen LogP contribution is -2.52. The minimum atomic E-state index is -4.18. The maximum Gasteiger partial charge on any atom is 0.264 e. The van der Waals surface area contributed by atoms with Gasteiger partial charge in [0.2, 0.25) is 11.8 Å². The van der Waals surface area contributed by atoms with Gasteiger partial charge in [0.05, 0.1) is 10.6 Å². The molecule has 0 heterocycles. The van der Waals surface area contributed by atoms with E-state index in [1.54, 1.807) is 18.2 Å². The molecule has 3 rings (SSSR count). The molecule has 2 amide bonds. The monoisotopic (exact) mass is 553 g/mol. The maximum absolute atomic E-state index is 13.9. The molecule has 7 nitrogen and oxygen atoms in total. The molecule has 0 saturated carbocycles. The number of rotatable bonds is 13. The Morgan fingerprint density at radius 3 is 2.15 bits per heavy atom. The van der Waals surface area contributed by atoms with E-state index in [4.69, 9.17) is 0 Å². The Morgan fingerprint density at radius 2 is 1.56 bits per heavy atom. The molecule has 0 unspecified atom stereocenters. The van der Waals surface area contributed by atoms with E-state index in [0.29, 0.717) is 13.0 Å². The van der Waals surface area contributed by atoms with Crippen LogP contribution in [0.5, 0.6) is 0 Å². The van der Waals surface area contributed by atoms with Crippen molar-refractivity contribution in [3.05, 3.63) is 95.8 Å². The van der Waals surface area contributed by atoms with Crippen LogP contribution in [0.25, 0.3) is 0 Å². The summed E-state index contributed by atoms with van der Waals surface area (Å²) in [6, 6.07) is 19.5. The van der Waals surface area contributed by atoms with E-state index in [0.717, 1.165) is 40.4 Å². The number of halogens is 1. The first kappa shape index (κ1) is 29.8. The molecule has 0 aliphatic carbocycles. The Hall–Kier alpha value is -3.72. The molecule has 0 radical (unpaired) electrons. The zero-order valence-electron chi connectivity index (χ0n) is 22.6. The minimum Gasteiger partial charge on any atom is -0.354 e. The number of carbonyl (C=O) groups is 2. The van der Waals surface area contributed by atoms with Crippen molar-refractivity contribution in [1.82, 2.24) is 10.2 Å². The second kappa shape index (κ2) is 13.9. The van der Waals surface area contributed by atoms with Crippen LogP contribution < -0.4 is 9.62 Å². The second-order valence-corrected chi connectivity index (χ2v) is 11.2. The highest BCUT2D eigenvalue weighted by atomic mass is 32.2. The average molecular weight is 554 g/mol. The summed E-state index contributed by atoms with van der Waals surface area (Å²) in [7, 11) is -4.18. The van der Waals surface area contributed by atoms with Gasteiger partial charge < -0.3 is 10.2 Å². The number of aryl methyl sites for hydroxylation is 1. The lowest BCUT2D eigenvalue weighted by Gasteiger charge is -2.33. The van der Waals surface area contributed by atoms with Crippen LogP contribution in [0.2, 0.25) is 0 Å². The highest BCUT2D eigenvalue weighted by molar-refractivity contribution is 7.92. The summed E-state index contributed by atoms with van der Waals surface area (Å²) < 4.78 is 42.1. The van der Waals surface area contributed by atoms with Gasteiger partial charge in [0.15, 0.2) is 0 Å². The van der Waals surface area contributed by atoms with Crippen molar-refractivity contribution in [2.24, 2.45) is 0 Å². The molecule has 0 spiro atoms. The van der Waals surface area contributed by atoms with Crippen LogP contribution in [-0.2, 0) is 26.2 Å². The molecule has 0 fully saturated rings. The van der Waals surface area contributed by atoms with E-state index in [1.807, 2.05) is 45.0 Å². The number of sulfonamides is 1. The first-order valence-corrected chi connectivity index (χ1v) is 14.6. The largest absolute Gasteiger partial charge is 0.354 e. The summed E-state index contributed by atoms with van der Waals surface area (Å²) in [5.74, 6) is -1.36. The van der Waals surface area contributed by atoms with E-state index in [1.165, 1.54) is 29.2 Å². The SMILES string of the molecule is CCCCNC(=O)[C@H](CC)N(Cc1ccc(C)cc1)C(=O)CN(c1ccc(F)cc1)S(=O)(=O)c1ccccc1. The molecule has 208 valence electrons. The minimum absolute atomic E-state index is 0.00319. The molecule has 3 aromatic rings. The number of nitrogens with zero attached hydrogens (tertiary/aromatic N) is 2. The van der Waals surface area contributed by atoms with E-state index in [9.17, 15) is 22.4 Å². The third-order valence-electron chi connectivity index (χ3n) is 6.41. The Balaban J connectivity index is 2.01. The van der Waals surface area contributed by atoms with Gasteiger partial charge in [-0.25, -0.2) is 12.8 Å². The van der Waals surface area contributed by atoms with Gasteiger partial charge >= 0.3 is 0 Å². The summed E-state index contributed by atoms with van der Waals surface area (Å²) in [5.41, 5.74) is 2.01. The van der Waals surface area contributed by atoms with Gasteiger partial charge in [-0.05, 0) is 61.7 Å². The molecule has 0 aromatic heterocycles. The Kier molecular flexibility index (Phi) is 10.6. The third-order valence-corrected chi connectivity index (χ3v) is 8.20. The Morgan fingerprint density at radius 1 is 0.923 bits per heavy atom. The molecule has 0 bridgehead atoms. The second-order valence-electron chi connectivity index (χ2n) is 9.38. The van der Waals surface area contributed by atoms with Crippen molar-refractivity contribution in [1.29, 1.82) is 0 Å². The molecule has 1 N–H and O–H groups in total. The van der Waals surface area contributed by atoms with Crippen LogP contribution in [0.15, 0.2) is 83.8 Å². The smallest absolute Gasteiger partial charge is 0.264 e. The van der Waals surface area contributed by atoms with Crippen LogP contribution in [0.3, 0.4) is 0 Å².